The van der Waals surface area contributed by atoms with Crippen molar-refractivity contribution >= 4 is 21.6 Å². The first-order chi connectivity index (χ1) is 9.91. The molecule has 0 amide bonds. The number of hydrogen-bond acceptors (Lipinski definition) is 3. The third kappa shape index (κ3) is 4.70. The maximum atomic E-state index is 6.02. The summed E-state index contributed by atoms with van der Waals surface area (Å²) in [5, 5.41) is 3.51. The summed E-state index contributed by atoms with van der Waals surface area (Å²) in [6.45, 7) is 12.5. The first kappa shape index (κ1) is 16.8. The number of nitrogens with zero attached hydrogens (tertiary/aromatic N) is 1. The van der Waals surface area contributed by atoms with Gasteiger partial charge in [0.15, 0.2) is 0 Å². The van der Waals surface area contributed by atoms with Gasteiger partial charge >= 0.3 is 0 Å². The summed E-state index contributed by atoms with van der Waals surface area (Å²) in [5.41, 5.74) is 2.57. The van der Waals surface area contributed by atoms with E-state index in [-0.39, 0.29) is 11.7 Å². The van der Waals surface area contributed by atoms with Crippen LogP contribution in [0.4, 0.5) is 5.69 Å². The molecule has 1 atom stereocenters. The van der Waals surface area contributed by atoms with E-state index in [9.17, 15) is 0 Å². The van der Waals surface area contributed by atoms with Gasteiger partial charge in [0.05, 0.1) is 11.7 Å². The fraction of sp³-hybridized carbons (Fsp3) is 0.647. The molecule has 1 aromatic rings. The molecular formula is C17H27BrN2O. The van der Waals surface area contributed by atoms with E-state index in [0.717, 1.165) is 37.1 Å². The third-order valence-corrected chi connectivity index (χ3v) is 4.19. The smallest absolute Gasteiger partial charge is 0.0805 e. The van der Waals surface area contributed by atoms with Gasteiger partial charge in [-0.2, -0.15) is 0 Å². The van der Waals surface area contributed by atoms with Crippen molar-refractivity contribution in [3.8, 4) is 0 Å². The Bertz CT molecular complexity index is 476. The second kappa shape index (κ2) is 7.12. The summed E-state index contributed by atoms with van der Waals surface area (Å²) >= 11 is 3.61. The first-order valence-electron chi connectivity index (χ1n) is 7.83. The Morgan fingerprint density at radius 3 is 2.86 bits per heavy atom. The molecule has 3 nitrogen and oxygen atoms in total. The Hall–Kier alpha value is -0.580. The molecule has 0 saturated carbocycles. The fourth-order valence-corrected chi connectivity index (χ4v) is 3.37. The molecule has 1 aliphatic heterocycles. The van der Waals surface area contributed by atoms with Crippen molar-refractivity contribution < 1.29 is 4.74 Å². The Kier molecular flexibility index (Phi) is 5.69. The van der Waals surface area contributed by atoms with Crippen molar-refractivity contribution in [3.05, 3.63) is 28.2 Å². The number of benzene rings is 1. The van der Waals surface area contributed by atoms with Crippen LogP contribution in [0, 0.1) is 0 Å². The van der Waals surface area contributed by atoms with Gasteiger partial charge in [-0.05, 0) is 51.4 Å². The van der Waals surface area contributed by atoms with Gasteiger partial charge in [-0.25, -0.2) is 0 Å². The minimum Gasteiger partial charge on any atom is -0.369 e. The van der Waals surface area contributed by atoms with Crippen LogP contribution in [0.5, 0.6) is 0 Å². The van der Waals surface area contributed by atoms with Gasteiger partial charge in [0.2, 0.25) is 0 Å². The van der Waals surface area contributed by atoms with Gasteiger partial charge < -0.3 is 15.0 Å². The Labute approximate surface area is 137 Å². The second-order valence-electron chi connectivity index (χ2n) is 6.52. The molecule has 2 rings (SSSR count). The molecule has 1 N–H and O–H groups in total. The SMILES string of the molecule is CCCNCc1ccc(Br)cc1N1CC(C)OC(C)(C)C1. The zero-order valence-corrected chi connectivity index (χ0v) is 15.2. The van der Waals surface area contributed by atoms with Crippen LogP contribution in [-0.4, -0.2) is 31.3 Å². The summed E-state index contributed by atoms with van der Waals surface area (Å²) in [4.78, 5) is 2.46. The molecule has 4 heteroatoms. The molecule has 118 valence electrons. The second-order valence-corrected chi connectivity index (χ2v) is 7.43. The summed E-state index contributed by atoms with van der Waals surface area (Å²) in [5.74, 6) is 0. The topological polar surface area (TPSA) is 24.5 Å². The van der Waals surface area contributed by atoms with E-state index in [1.165, 1.54) is 11.3 Å². The zero-order valence-electron chi connectivity index (χ0n) is 13.6. The highest BCUT2D eigenvalue weighted by Crippen LogP contribution is 2.30. The Morgan fingerprint density at radius 2 is 2.19 bits per heavy atom. The Balaban J connectivity index is 2.22. The predicted molar refractivity (Wildman–Crippen MR) is 93.0 cm³/mol. The standard InChI is InChI=1S/C17H27BrN2O/c1-5-8-19-10-14-6-7-15(18)9-16(14)20-11-13(2)21-17(3,4)12-20/h6-7,9,13,19H,5,8,10-12H2,1-4H3. The highest BCUT2D eigenvalue weighted by molar-refractivity contribution is 9.10. The molecule has 0 radical (unpaired) electrons. The average Bonchev–Trinajstić information content (AvgIpc) is 2.38. The summed E-state index contributed by atoms with van der Waals surface area (Å²) in [6, 6.07) is 6.58. The van der Waals surface area contributed by atoms with Crippen LogP contribution in [0.2, 0.25) is 0 Å². The quantitative estimate of drug-likeness (QED) is 0.810. The number of hydrogen-bond donors (Lipinski definition) is 1. The van der Waals surface area contributed by atoms with Crippen molar-refractivity contribution in [3.63, 3.8) is 0 Å². The molecule has 21 heavy (non-hydrogen) atoms. The van der Waals surface area contributed by atoms with E-state index in [1.807, 2.05) is 0 Å². The average molecular weight is 355 g/mol. The van der Waals surface area contributed by atoms with Crippen LogP contribution in [0.15, 0.2) is 22.7 Å². The number of anilines is 1. The maximum Gasteiger partial charge on any atom is 0.0805 e. The number of halogens is 1. The summed E-state index contributed by atoms with van der Waals surface area (Å²) < 4.78 is 7.16. The molecule has 1 aromatic carbocycles. The van der Waals surface area contributed by atoms with Crippen LogP contribution < -0.4 is 10.2 Å². The van der Waals surface area contributed by atoms with Crippen molar-refractivity contribution in [1.82, 2.24) is 5.32 Å². The van der Waals surface area contributed by atoms with Crippen molar-refractivity contribution in [2.75, 3.05) is 24.5 Å². The van der Waals surface area contributed by atoms with Gasteiger partial charge in [0, 0.05) is 29.8 Å². The van der Waals surface area contributed by atoms with Crippen molar-refractivity contribution in [1.29, 1.82) is 0 Å². The van der Waals surface area contributed by atoms with Gasteiger partial charge in [-0.3, -0.25) is 0 Å². The molecule has 0 aromatic heterocycles. The van der Waals surface area contributed by atoms with E-state index < -0.39 is 0 Å². The highest BCUT2D eigenvalue weighted by Gasteiger charge is 2.32. The molecular weight excluding hydrogens is 328 g/mol. The van der Waals surface area contributed by atoms with Gasteiger partial charge in [-0.1, -0.05) is 28.9 Å². The maximum absolute atomic E-state index is 6.02. The third-order valence-electron chi connectivity index (χ3n) is 3.70. The van der Waals surface area contributed by atoms with Crippen LogP contribution >= 0.6 is 15.9 Å². The molecule has 0 spiro atoms. The van der Waals surface area contributed by atoms with E-state index in [4.69, 9.17) is 4.74 Å². The first-order valence-corrected chi connectivity index (χ1v) is 8.62. The molecule has 1 aliphatic rings. The largest absolute Gasteiger partial charge is 0.369 e. The molecule has 1 fully saturated rings. The Morgan fingerprint density at radius 1 is 1.43 bits per heavy atom. The van der Waals surface area contributed by atoms with E-state index in [2.05, 4.69) is 72.0 Å². The lowest BCUT2D eigenvalue weighted by Gasteiger charge is -2.43. The van der Waals surface area contributed by atoms with Gasteiger partial charge in [-0.15, -0.1) is 0 Å². The minimum atomic E-state index is -0.103. The zero-order chi connectivity index (χ0) is 15.5. The van der Waals surface area contributed by atoms with Gasteiger partial charge in [0.1, 0.15) is 0 Å². The number of nitrogens with one attached hydrogen (secondary N) is 1. The van der Waals surface area contributed by atoms with E-state index in [1.54, 1.807) is 0 Å². The lowest BCUT2D eigenvalue weighted by Crippen LogP contribution is -2.52. The molecule has 0 aliphatic carbocycles. The molecule has 1 heterocycles. The number of morpholine rings is 1. The molecule has 1 unspecified atom stereocenters. The highest BCUT2D eigenvalue weighted by atomic mass is 79.9. The molecule has 1 saturated heterocycles. The van der Waals surface area contributed by atoms with E-state index >= 15 is 0 Å². The van der Waals surface area contributed by atoms with Crippen molar-refractivity contribution in [2.24, 2.45) is 0 Å². The normalized spacial score (nSPS) is 21.6. The summed E-state index contributed by atoms with van der Waals surface area (Å²) in [7, 11) is 0. The van der Waals surface area contributed by atoms with Crippen LogP contribution in [-0.2, 0) is 11.3 Å². The lowest BCUT2D eigenvalue weighted by molar-refractivity contribution is -0.0750. The van der Waals surface area contributed by atoms with E-state index in [0.29, 0.717) is 0 Å². The summed E-state index contributed by atoms with van der Waals surface area (Å²) in [6.07, 6.45) is 1.41. The van der Waals surface area contributed by atoms with Gasteiger partial charge in [0.25, 0.3) is 0 Å². The van der Waals surface area contributed by atoms with Crippen LogP contribution in [0.25, 0.3) is 0 Å². The van der Waals surface area contributed by atoms with Crippen molar-refractivity contribution in [2.45, 2.75) is 52.4 Å². The fourth-order valence-electron chi connectivity index (χ4n) is 3.02. The predicted octanol–water partition coefficient (Wildman–Crippen LogP) is 3.95. The number of ether oxygens (including phenoxy) is 1. The van der Waals surface area contributed by atoms with Crippen LogP contribution in [0.3, 0.4) is 0 Å². The number of rotatable bonds is 5. The monoisotopic (exact) mass is 354 g/mol. The minimum absolute atomic E-state index is 0.103. The van der Waals surface area contributed by atoms with Crippen LogP contribution in [0.1, 0.15) is 39.7 Å². The molecule has 0 bridgehead atoms. The lowest BCUT2D eigenvalue weighted by atomic mass is 10.0.